The fourth-order valence-electron chi connectivity index (χ4n) is 2.46. The molecule has 0 radical (unpaired) electrons. The molecule has 0 fully saturated rings. The molecule has 0 aliphatic carbocycles. The number of anilines is 1. The fourth-order valence-corrected chi connectivity index (χ4v) is 2.86. The molecule has 4 heteroatoms. The highest BCUT2D eigenvalue weighted by Gasteiger charge is 2.10. The van der Waals surface area contributed by atoms with Crippen LogP contribution in [0.4, 0.5) is 5.69 Å². The van der Waals surface area contributed by atoms with Gasteiger partial charge in [0, 0.05) is 27.4 Å². The highest BCUT2D eigenvalue weighted by atomic mass is 79.9. The second-order valence-electron chi connectivity index (χ2n) is 5.25. The number of hydrogen-bond donors (Lipinski definition) is 1. The Labute approximate surface area is 149 Å². The molecule has 0 heterocycles. The number of hydrogen-bond acceptors (Lipinski definition) is 2. The first kappa shape index (κ1) is 16.3. The predicted molar refractivity (Wildman–Crippen MR) is 101 cm³/mol. The summed E-state index contributed by atoms with van der Waals surface area (Å²) in [5, 5.41) is 2.90. The van der Waals surface area contributed by atoms with Crippen molar-refractivity contribution in [1.82, 2.24) is 0 Å². The molecule has 3 nitrogen and oxygen atoms in total. The highest BCUT2D eigenvalue weighted by Crippen LogP contribution is 2.32. The molecule has 0 spiro atoms. The average molecular weight is 382 g/mol. The van der Waals surface area contributed by atoms with Crippen molar-refractivity contribution in [2.45, 2.75) is 0 Å². The maximum atomic E-state index is 12.3. The van der Waals surface area contributed by atoms with Crippen LogP contribution in [0.25, 0.3) is 11.1 Å². The lowest BCUT2D eigenvalue weighted by atomic mass is 10.0. The van der Waals surface area contributed by atoms with Crippen LogP contribution in [-0.4, -0.2) is 13.0 Å². The molecule has 0 atom stereocenters. The number of nitrogens with one attached hydrogen (secondary N) is 1. The Bertz CT molecular complexity index is 863. The summed E-state index contributed by atoms with van der Waals surface area (Å²) in [6.07, 6.45) is 0. The van der Waals surface area contributed by atoms with E-state index in [0.29, 0.717) is 17.0 Å². The summed E-state index contributed by atoms with van der Waals surface area (Å²) in [6, 6.07) is 22.9. The van der Waals surface area contributed by atoms with Crippen LogP contribution >= 0.6 is 15.9 Å². The quantitative estimate of drug-likeness (QED) is 0.658. The molecule has 0 bridgehead atoms. The van der Waals surface area contributed by atoms with Gasteiger partial charge in [-0.2, -0.15) is 0 Å². The maximum absolute atomic E-state index is 12.3. The average Bonchev–Trinajstić information content (AvgIpc) is 2.62. The molecule has 1 amide bonds. The van der Waals surface area contributed by atoms with Crippen LogP contribution < -0.4 is 10.1 Å². The summed E-state index contributed by atoms with van der Waals surface area (Å²) in [4.78, 5) is 12.3. The van der Waals surface area contributed by atoms with Crippen LogP contribution in [0.5, 0.6) is 5.75 Å². The smallest absolute Gasteiger partial charge is 0.255 e. The Balaban J connectivity index is 1.86. The molecule has 0 unspecified atom stereocenters. The number of carbonyl (C=O) groups excluding carboxylic acids is 1. The third-order valence-corrected chi connectivity index (χ3v) is 4.12. The topological polar surface area (TPSA) is 38.3 Å². The summed E-state index contributed by atoms with van der Waals surface area (Å²) >= 11 is 3.37. The van der Waals surface area contributed by atoms with E-state index in [1.165, 1.54) is 0 Å². The zero-order valence-electron chi connectivity index (χ0n) is 13.1. The van der Waals surface area contributed by atoms with Gasteiger partial charge in [-0.25, -0.2) is 0 Å². The summed E-state index contributed by atoms with van der Waals surface area (Å²) in [7, 11) is 1.63. The Morgan fingerprint density at radius 3 is 2.46 bits per heavy atom. The number of carbonyl (C=O) groups is 1. The number of rotatable bonds is 4. The predicted octanol–water partition coefficient (Wildman–Crippen LogP) is 5.38. The summed E-state index contributed by atoms with van der Waals surface area (Å²) < 4.78 is 6.36. The molecule has 1 N–H and O–H groups in total. The third-order valence-electron chi connectivity index (χ3n) is 3.63. The SMILES string of the molecule is COc1cc(NC(=O)c2cccc(Br)c2)ccc1-c1ccccc1. The van der Waals surface area contributed by atoms with Crippen molar-refractivity contribution in [2.24, 2.45) is 0 Å². The van der Waals surface area contributed by atoms with Crippen LogP contribution in [-0.2, 0) is 0 Å². The van der Waals surface area contributed by atoms with Gasteiger partial charge < -0.3 is 10.1 Å². The van der Waals surface area contributed by atoms with Gasteiger partial charge in [0.25, 0.3) is 5.91 Å². The molecular formula is C20H16BrNO2. The van der Waals surface area contributed by atoms with Crippen molar-refractivity contribution in [3.63, 3.8) is 0 Å². The van der Waals surface area contributed by atoms with Gasteiger partial charge in [0.15, 0.2) is 0 Å². The van der Waals surface area contributed by atoms with Gasteiger partial charge in [0.2, 0.25) is 0 Å². The number of amides is 1. The molecule has 120 valence electrons. The first-order chi connectivity index (χ1) is 11.7. The van der Waals surface area contributed by atoms with E-state index < -0.39 is 0 Å². The second-order valence-corrected chi connectivity index (χ2v) is 6.16. The summed E-state index contributed by atoms with van der Waals surface area (Å²) in [5.41, 5.74) is 3.34. The molecule has 24 heavy (non-hydrogen) atoms. The van der Waals surface area contributed by atoms with Crippen molar-refractivity contribution in [1.29, 1.82) is 0 Å². The lowest BCUT2D eigenvalue weighted by Crippen LogP contribution is -2.11. The maximum Gasteiger partial charge on any atom is 0.255 e. The van der Waals surface area contributed by atoms with E-state index in [9.17, 15) is 4.79 Å². The fraction of sp³-hybridized carbons (Fsp3) is 0.0500. The highest BCUT2D eigenvalue weighted by molar-refractivity contribution is 9.10. The lowest BCUT2D eigenvalue weighted by molar-refractivity contribution is 0.102. The van der Waals surface area contributed by atoms with Crippen molar-refractivity contribution < 1.29 is 9.53 Å². The minimum Gasteiger partial charge on any atom is -0.496 e. The van der Waals surface area contributed by atoms with Crippen molar-refractivity contribution in [3.8, 4) is 16.9 Å². The monoisotopic (exact) mass is 381 g/mol. The largest absolute Gasteiger partial charge is 0.496 e. The van der Waals surface area contributed by atoms with E-state index in [4.69, 9.17) is 4.74 Å². The van der Waals surface area contributed by atoms with E-state index in [0.717, 1.165) is 15.6 Å². The number of methoxy groups -OCH3 is 1. The van der Waals surface area contributed by atoms with E-state index in [-0.39, 0.29) is 5.91 Å². The molecule has 0 saturated carbocycles. The van der Waals surface area contributed by atoms with Crippen molar-refractivity contribution >= 4 is 27.5 Å². The lowest BCUT2D eigenvalue weighted by Gasteiger charge is -2.12. The normalized spacial score (nSPS) is 10.2. The first-order valence-electron chi connectivity index (χ1n) is 7.48. The van der Waals surface area contributed by atoms with Crippen molar-refractivity contribution in [2.75, 3.05) is 12.4 Å². The number of benzene rings is 3. The minimum atomic E-state index is -0.161. The molecule has 0 saturated heterocycles. The van der Waals surface area contributed by atoms with Gasteiger partial charge in [-0.05, 0) is 35.9 Å². The van der Waals surface area contributed by atoms with Gasteiger partial charge in [-0.1, -0.05) is 52.3 Å². The Kier molecular flexibility index (Phi) is 4.96. The third kappa shape index (κ3) is 3.66. The van der Waals surface area contributed by atoms with Gasteiger partial charge in [0.05, 0.1) is 7.11 Å². The van der Waals surface area contributed by atoms with Gasteiger partial charge in [0.1, 0.15) is 5.75 Å². The molecule has 0 aromatic heterocycles. The zero-order chi connectivity index (χ0) is 16.9. The van der Waals surface area contributed by atoms with Gasteiger partial charge in [-0.15, -0.1) is 0 Å². The van der Waals surface area contributed by atoms with Gasteiger partial charge in [-0.3, -0.25) is 4.79 Å². The molecule has 3 aromatic rings. The van der Waals surface area contributed by atoms with Crippen molar-refractivity contribution in [3.05, 3.63) is 82.8 Å². The number of ether oxygens (including phenoxy) is 1. The van der Waals surface area contributed by atoms with Crippen LogP contribution in [0.15, 0.2) is 77.3 Å². The van der Waals surface area contributed by atoms with Crippen LogP contribution in [0, 0.1) is 0 Å². The molecule has 0 aliphatic rings. The minimum absolute atomic E-state index is 0.161. The van der Waals surface area contributed by atoms with Crippen LogP contribution in [0.1, 0.15) is 10.4 Å². The molecule has 3 aromatic carbocycles. The standard InChI is InChI=1S/C20H16BrNO2/c1-24-19-13-17(10-11-18(19)14-6-3-2-4-7-14)22-20(23)15-8-5-9-16(21)12-15/h2-13H,1H3,(H,22,23). The summed E-state index contributed by atoms with van der Waals surface area (Å²) in [5.74, 6) is 0.555. The Hall–Kier alpha value is -2.59. The van der Waals surface area contributed by atoms with Gasteiger partial charge >= 0.3 is 0 Å². The molecular weight excluding hydrogens is 366 g/mol. The molecule has 0 aliphatic heterocycles. The zero-order valence-corrected chi connectivity index (χ0v) is 14.7. The van der Waals surface area contributed by atoms with Crippen LogP contribution in [0.3, 0.4) is 0 Å². The number of halogens is 1. The molecule has 3 rings (SSSR count). The van der Waals surface area contributed by atoms with E-state index in [1.807, 2.05) is 60.7 Å². The second kappa shape index (κ2) is 7.32. The van der Waals surface area contributed by atoms with E-state index >= 15 is 0 Å². The van der Waals surface area contributed by atoms with Crippen LogP contribution in [0.2, 0.25) is 0 Å². The first-order valence-corrected chi connectivity index (χ1v) is 8.27. The van der Waals surface area contributed by atoms with E-state index in [2.05, 4.69) is 21.2 Å². The Morgan fingerprint density at radius 1 is 0.958 bits per heavy atom. The Morgan fingerprint density at radius 2 is 1.75 bits per heavy atom. The van der Waals surface area contributed by atoms with E-state index in [1.54, 1.807) is 19.2 Å². The summed E-state index contributed by atoms with van der Waals surface area (Å²) in [6.45, 7) is 0.